The molecule has 1 aliphatic carbocycles. The highest BCUT2D eigenvalue weighted by Crippen LogP contribution is 2.51. The second-order valence-corrected chi connectivity index (χ2v) is 15.9. The minimum Gasteiger partial charge on any atom is -0.317 e. The summed E-state index contributed by atoms with van der Waals surface area (Å²) in [5.41, 5.74) is 17.9. The van der Waals surface area contributed by atoms with E-state index in [1.54, 1.807) is 0 Å². The Morgan fingerprint density at radius 3 is 1.81 bits per heavy atom. The number of benzene rings is 8. The van der Waals surface area contributed by atoms with Gasteiger partial charge in [-0.1, -0.05) is 166 Å². The Morgan fingerprint density at radius 1 is 0.508 bits per heavy atom. The van der Waals surface area contributed by atoms with Crippen LogP contribution in [0.25, 0.3) is 66.4 Å². The zero-order valence-corrected chi connectivity index (χ0v) is 33.4. The number of hydrogen-bond acceptors (Lipinski definition) is 1. The number of para-hydroxylation sites is 2. The van der Waals surface area contributed by atoms with E-state index in [4.69, 9.17) is 0 Å². The van der Waals surface area contributed by atoms with Crippen molar-refractivity contribution in [3.05, 3.63) is 242 Å². The number of anilines is 2. The normalized spacial score (nSPS) is 13.2. The Hall–Kier alpha value is -7.42. The smallest absolute Gasteiger partial charge is 0.0541 e. The van der Waals surface area contributed by atoms with Crippen LogP contribution in [0.5, 0.6) is 0 Å². The third-order valence-corrected chi connectivity index (χ3v) is 12.0. The van der Waals surface area contributed by atoms with E-state index in [9.17, 15) is 0 Å². The third-order valence-electron chi connectivity index (χ3n) is 12.0. The lowest BCUT2D eigenvalue weighted by atomic mass is 9.81. The van der Waals surface area contributed by atoms with Crippen LogP contribution in [0.3, 0.4) is 0 Å². The molecule has 282 valence electrons. The summed E-state index contributed by atoms with van der Waals surface area (Å²) in [5.74, 6) is 0. The lowest BCUT2D eigenvalue weighted by Gasteiger charge is -2.26. The van der Waals surface area contributed by atoms with Crippen molar-refractivity contribution in [3.8, 4) is 39.1 Å². The van der Waals surface area contributed by atoms with Crippen LogP contribution in [0.15, 0.2) is 225 Å². The van der Waals surface area contributed by atoms with E-state index in [-0.39, 0.29) is 5.41 Å². The predicted molar refractivity (Wildman–Crippen MR) is 252 cm³/mol. The molecule has 0 unspecified atom stereocenters. The quantitative estimate of drug-likeness (QED) is 0.133. The van der Waals surface area contributed by atoms with Gasteiger partial charge in [0.1, 0.15) is 0 Å². The maximum Gasteiger partial charge on any atom is 0.0541 e. The summed E-state index contributed by atoms with van der Waals surface area (Å²) in [6, 6.07) is 70.2. The van der Waals surface area contributed by atoms with E-state index in [1.807, 2.05) is 12.1 Å². The average molecular weight is 757 g/mol. The van der Waals surface area contributed by atoms with Crippen LogP contribution in [-0.4, -0.2) is 4.57 Å². The molecular weight excluding hydrogens is 713 g/mol. The van der Waals surface area contributed by atoms with Gasteiger partial charge in [-0.25, -0.2) is 0 Å². The molecule has 0 atom stereocenters. The van der Waals surface area contributed by atoms with Crippen molar-refractivity contribution in [1.29, 1.82) is 0 Å². The molecule has 9 aromatic rings. The third kappa shape index (κ3) is 6.40. The second kappa shape index (κ2) is 14.8. The Balaban J connectivity index is 1.03. The van der Waals surface area contributed by atoms with Gasteiger partial charge in [-0.15, -0.1) is 0 Å². The minimum atomic E-state index is -0.208. The number of hydrogen-bond donors (Lipinski definition) is 0. The lowest BCUT2D eigenvalue weighted by molar-refractivity contribution is 0.660. The Kier molecular flexibility index (Phi) is 9.03. The van der Waals surface area contributed by atoms with Crippen LogP contribution < -0.4 is 4.90 Å². The van der Waals surface area contributed by atoms with Crippen molar-refractivity contribution in [2.75, 3.05) is 4.90 Å². The molecule has 0 radical (unpaired) electrons. The van der Waals surface area contributed by atoms with Crippen LogP contribution >= 0.6 is 0 Å². The molecule has 0 spiro atoms. The van der Waals surface area contributed by atoms with E-state index >= 15 is 0 Å². The number of rotatable bonds is 9. The van der Waals surface area contributed by atoms with Crippen LogP contribution in [-0.2, 0) is 5.41 Å². The molecule has 0 saturated heterocycles. The van der Waals surface area contributed by atoms with Crippen LogP contribution in [0.4, 0.5) is 11.4 Å². The summed E-state index contributed by atoms with van der Waals surface area (Å²) in [5, 5.41) is 2.53. The number of allylic oxidation sites excluding steroid dienone is 4. The zero-order chi connectivity index (χ0) is 39.9. The molecule has 1 aromatic heterocycles. The Morgan fingerprint density at radius 2 is 1.07 bits per heavy atom. The molecule has 0 bridgehead atoms. The standard InChI is InChI=1S/C57H44N2/c1-4-40(41-17-8-5-9-18-41)21-16-36-58(46-30-26-43(27-31-46)42-19-10-6-11-20-42)48-32-34-50-49-33-28-45(38-53(49)57(2,3)54(50)39-48)44-29-35-56-52(37-44)51-24-14-15-25-55(51)59(56)47-22-12-7-13-23-47/h4-39H,1H2,2-3H3/b36-16+,40-21+. The van der Waals surface area contributed by atoms with Crippen molar-refractivity contribution in [3.63, 3.8) is 0 Å². The van der Waals surface area contributed by atoms with Gasteiger partial charge >= 0.3 is 0 Å². The van der Waals surface area contributed by atoms with Gasteiger partial charge in [0.25, 0.3) is 0 Å². The summed E-state index contributed by atoms with van der Waals surface area (Å²) in [6.45, 7) is 8.85. The molecule has 0 fully saturated rings. The summed E-state index contributed by atoms with van der Waals surface area (Å²) in [6.07, 6.45) is 8.36. The van der Waals surface area contributed by atoms with Gasteiger partial charge in [0.15, 0.2) is 0 Å². The first-order valence-electron chi connectivity index (χ1n) is 20.4. The second-order valence-electron chi connectivity index (χ2n) is 15.9. The molecular formula is C57H44N2. The fraction of sp³-hybridized carbons (Fsp3) is 0.0526. The summed E-state index contributed by atoms with van der Waals surface area (Å²) in [4.78, 5) is 2.29. The molecule has 1 aliphatic rings. The molecule has 1 heterocycles. The highest BCUT2D eigenvalue weighted by molar-refractivity contribution is 6.10. The molecule has 8 aromatic carbocycles. The molecule has 59 heavy (non-hydrogen) atoms. The number of fused-ring (bicyclic) bond motifs is 6. The van der Waals surface area contributed by atoms with E-state index < -0.39 is 0 Å². The Bertz CT molecular complexity index is 3060. The van der Waals surface area contributed by atoms with Crippen LogP contribution in [0.1, 0.15) is 30.5 Å². The number of aromatic nitrogens is 1. The first kappa shape index (κ1) is 36.0. The first-order valence-corrected chi connectivity index (χ1v) is 20.4. The fourth-order valence-electron chi connectivity index (χ4n) is 8.97. The van der Waals surface area contributed by atoms with Gasteiger partial charge < -0.3 is 9.47 Å². The van der Waals surface area contributed by atoms with Gasteiger partial charge in [0.05, 0.1) is 11.0 Å². The molecule has 0 N–H and O–H groups in total. The average Bonchev–Trinajstić information content (AvgIpc) is 3.74. The molecule has 2 heteroatoms. The summed E-state index contributed by atoms with van der Waals surface area (Å²) < 4.78 is 2.38. The highest BCUT2D eigenvalue weighted by atomic mass is 15.1. The van der Waals surface area contributed by atoms with Gasteiger partial charge in [-0.3, -0.25) is 0 Å². The van der Waals surface area contributed by atoms with Gasteiger partial charge in [0.2, 0.25) is 0 Å². The van der Waals surface area contributed by atoms with E-state index in [2.05, 4.69) is 236 Å². The minimum absolute atomic E-state index is 0.208. The fourth-order valence-corrected chi connectivity index (χ4v) is 8.97. The monoisotopic (exact) mass is 756 g/mol. The lowest BCUT2D eigenvalue weighted by Crippen LogP contribution is -2.16. The highest BCUT2D eigenvalue weighted by Gasteiger charge is 2.36. The molecule has 2 nitrogen and oxygen atoms in total. The van der Waals surface area contributed by atoms with Crippen molar-refractivity contribution in [2.45, 2.75) is 19.3 Å². The summed E-state index contributed by atoms with van der Waals surface area (Å²) >= 11 is 0. The van der Waals surface area contributed by atoms with E-state index in [0.29, 0.717) is 0 Å². The molecule has 0 saturated carbocycles. The zero-order valence-electron chi connectivity index (χ0n) is 33.4. The maximum atomic E-state index is 4.11. The molecule has 0 aliphatic heterocycles. The van der Waals surface area contributed by atoms with Gasteiger partial charge in [-0.05, 0) is 122 Å². The first-order chi connectivity index (χ1) is 29.0. The topological polar surface area (TPSA) is 8.17 Å². The van der Waals surface area contributed by atoms with Crippen molar-refractivity contribution < 1.29 is 0 Å². The van der Waals surface area contributed by atoms with E-state index in [1.165, 1.54) is 72.0 Å². The SMILES string of the molecule is C=C/C(=C\C=C\N(c1ccc(-c2ccccc2)cc1)c1ccc2c(c1)C(C)(C)c1cc(-c3ccc4c(c3)c3ccccc3n4-c3ccccc3)ccc1-2)c1ccccc1. The van der Waals surface area contributed by atoms with Crippen molar-refractivity contribution in [2.24, 2.45) is 0 Å². The van der Waals surface area contributed by atoms with Crippen LogP contribution in [0, 0.1) is 0 Å². The van der Waals surface area contributed by atoms with Gasteiger partial charge in [0, 0.05) is 39.4 Å². The maximum absolute atomic E-state index is 4.11. The largest absolute Gasteiger partial charge is 0.317 e. The van der Waals surface area contributed by atoms with Gasteiger partial charge in [-0.2, -0.15) is 0 Å². The molecule has 0 amide bonds. The van der Waals surface area contributed by atoms with E-state index in [0.717, 1.165) is 22.5 Å². The Labute approximate surface area is 347 Å². The predicted octanol–water partition coefficient (Wildman–Crippen LogP) is 15.3. The van der Waals surface area contributed by atoms with Crippen molar-refractivity contribution in [1.82, 2.24) is 4.57 Å². The van der Waals surface area contributed by atoms with Crippen molar-refractivity contribution >= 4 is 38.8 Å². The molecule has 10 rings (SSSR count). The summed E-state index contributed by atoms with van der Waals surface area (Å²) in [7, 11) is 0. The number of nitrogens with zero attached hydrogens (tertiary/aromatic N) is 2. The van der Waals surface area contributed by atoms with Crippen LogP contribution in [0.2, 0.25) is 0 Å².